The summed E-state index contributed by atoms with van der Waals surface area (Å²) in [5.41, 5.74) is 0.761. The molecule has 7 N–H and O–H groups in total. The first-order chi connectivity index (χ1) is 30.8. The Morgan fingerprint density at radius 2 is 1.39 bits per heavy atom. The number of likely N-dealkylation sites (N-methyl/N-ethyl adjacent to an activating group) is 1. The highest BCUT2D eigenvalue weighted by molar-refractivity contribution is 7.45. The molecule has 0 spiro atoms. The van der Waals surface area contributed by atoms with E-state index in [0.29, 0.717) is 31.1 Å². The zero-order valence-electron chi connectivity index (χ0n) is 41.1. The van der Waals surface area contributed by atoms with E-state index >= 15 is 0 Å². The highest BCUT2D eigenvalue weighted by atomic mass is 31.2. The van der Waals surface area contributed by atoms with E-state index < -0.39 is 111 Å². The Morgan fingerprint density at radius 1 is 0.818 bits per heavy atom. The van der Waals surface area contributed by atoms with Gasteiger partial charge >= 0.3 is 13.8 Å². The van der Waals surface area contributed by atoms with Crippen LogP contribution in [-0.2, 0) is 47.3 Å². The fourth-order valence-electron chi connectivity index (χ4n) is 10.0. The van der Waals surface area contributed by atoms with E-state index in [9.17, 15) is 30.0 Å². The molecule has 19 atom stereocenters. The summed E-state index contributed by atoms with van der Waals surface area (Å²) in [4.78, 5) is 53.6. The van der Waals surface area contributed by atoms with Crippen molar-refractivity contribution < 1.29 is 82.4 Å². The van der Waals surface area contributed by atoms with Gasteiger partial charge in [0.25, 0.3) is 0 Å². The number of carbonyl (C=O) groups is 2. The van der Waals surface area contributed by atoms with Gasteiger partial charge in [0.1, 0.15) is 30.5 Å². The molecule has 0 amide bonds. The quantitative estimate of drug-likeness (QED) is 0.109. The molecule has 384 valence electrons. The van der Waals surface area contributed by atoms with Gasteiger partial charge in [0.2, 0.25) is 0 Å². The van der Waals surface area contributed by atoms with Crippen molar-refractivity contribution in [2.75, 3.05) is 54.6 Å². The second-order valence-corrected chi connectivity index (χ2v) is 20.5. The fraction of sp³-hybridized carbons (Fsp3) is 0.870. The van der Waals surface area contributed by atoms with Crippen molar-refractivity contribution in [1.82, 2.24) is 9.80 Å². The number of nitrogens with zero attached hydrogens (tertiary/aromatic N) is 2. The molecule has 3 saturated heterocycles. The Hall–Kier alpha value is -1.75. The maximum atomic E-state index is 14.0. The molecule has 19 nitrogen and oxygen atoms in total. The van der Waals surface area contributed by atoms with E-state index in [4.69, 9.17) is 52.4 Å². The molecule has 0 aromatic rings. The lowest BCUT2D eigenvalue weighted by Crippen LogP contribution is -2.63. The fourth-order valence-corrected chi connectivity index (χ4v) is 10.0. The second-order valence-electron chi connectivity index (χ2n) is 19.5. The van der Waals surface area contributed by atoms with Crippen molar-refractivity contribution in [1.29, 1.82) is 0 Å². The molecule has 3 fully saturated rings. The number of aliphatic hydroxyl groups is 4. The third-order valence-electron chi connectivity index (χ3n) is 13.5. The number of esters is 1. The molecule has 0 aliphatic carbocycles. The van der Waals surface area contributed by atoms with E-state index in [2.05, 4.69) is 18.7 Å². The van der Waals surface area contributed by atoms with Gasteiger partial charge in [-0.25, -0.2) is 4.57 Å². The molecule has 0 aromatic heterocycles. The molecule has 0 radical (unpaired) electrons. The Morgan fingerprint density at radius 3 is 1.95 bits per heavy atom. The van der Waals surface area contributed by atoms with Gasteiger partial charge in [-0.2, -0.15) is 0 Å². The van der Waals surface area contributed by atoms with Crippen LogP contribution in [0.15, 0.2) is 23.8 Å². The molecular formula is C46H83N2O17P. The Labute approximate surface area is 392 Å². The maximum Gasteiger partial charge on any atom is 0.466 e. The largest absolute Gasteiger partial charge is 0.466 e. The van der Waals surface area contributed by atoms with E-state index in [1.807, 2.05) is 33.8 Å². The number of likely N-dealkylation sites (tertiary alicyclic amines) is 1. The average Bonchev–Trinajstić information content (AvgIpc) is 3.22. The number of methoxy groups -OCH3 is 2. The number of carbonyl (C=O) groups excluding carboxylic acids is 2. The number of piperidine rings is 1. The second kappa shape index (κ2) is 27.0. The molecule has 0 saturated carbocycles. The first kappa shape index (κ1) is 58.6. The third kappa shape index (κ3) is 17.6. The predicted molar refractivity (Wildman–Crippen MR) is 243 cm³/mol. The number of hydrogen-bond donors (Lipinski definition) is 7. The first-order valence-electron chi connectivity index (χ1n) is 23.4. The molecule has 4 heterocycles. The molecule has 0 bridgehead atoms. The minimum Gasteiger partial charge on any atom is -0.462 e. The standard InChI is InChI=1S/C46H80N2O13.H3O4P/c1-13-36-33(24-57-46-44(56-12)43(55-11)40(53)31(8)59-46)19-25(2)14-15-34(49)28(5)20-32(16-17-48-22-26(3)18-27(4)23-48)42(29(6)35(50)21-37(51)60-36)61-45-41(54)38(47(9)10)39(52)30(7)58-45;1-5(2,3)4/h14-15,19,26-33,35-36,38-46,50,52-54H,13,16-18,20-24H2,1-12H3;(H3,1,2,3,4)/b15-14+,25-19+;/t26-,27+,28-,29+,30-,31-,32+,33-,35+,36-,38+,39-,40-,41-,42-,43-,44-,45+,46-;/m1./s1. The topological polar surface area (TPSA) is 264 Å². The Balaban J connectivity index is 0.00000219. The number of cyclic esters (lactones) is 1. The van der Waals surface area contributed by atoms with Crippen LogP contribution in [0.3, 0.4) is 0 Å². The van der Waals surface area contributed by atoms with Gasteiger partial charge < -0.3 is 78.1 Å². The van der Waals surface area contributed by atoms with Crippen LogP contribution < -0.4 is 0 Å². The van der Waals surface area contributed by atoms with Gasteiger partial charge in [0.15, 0.2) is 18.4 Å². The predicted octanol–water partition coefficient (Wildman–Crippen LogP) is 2.41. The summed E-state index contributed by atoms with van der Waals surface area (Å²) in [6.45, 7) is 18.2. The van der Waals surface area contributed by atoms with Crippen LogP contribution in [0.2, 0.25) is 0 Å². The van der Waals surface area contributed by atoms with Gasteiger partial charge in [-0.3, -0.25) is 9.59 Å². The summed E-state index contributed by atoms with van der Waals surface area (Å²) in [6, 6.07) is -0.684. The lowest BCUT2D eigenvalue weighted by Gasteiger charge is -2.47. The lowest BCUT2D eigenvalue weighted by atomic mass is 9.79. The van der Waals surface area contributed by atoms with Crippen LogP contribution in [0, 0.1) is 35.5 Å². The number of aliphatic hydroxyl groups excluding tert-OH is 4. The van der Waals surface area contributed by atoms with Crippen LogP contribution in [0.4, 0.5) is 0 Å². The molecule has 20 heteroatoms. The molecule has 4 aliphatic rings. The number of rotatable bonds is 12. The highest BCUT2D eigenvalue weighted by Crippen LogP contribution is 2.36. The monoisotopic (exact) mass is 967 g/mol. The van der Waals surface area contributed by atoms with Crippen molar-refractivity contribution in [3.05, 3.63) is 23.8 Å². The summed E-state index contributed by atoms with van der Waals surface area (Å²) in [5, 5.41) is 45.3. The summed E-state index contributed by atoms with van der Waals surface area (Å²) in [5.74, 6) is -1.46. The molecule has 0 unspecified atom stereocenters. The van der Waals surface area contributed by atoms with Crippen molar-refractivity contribution in [3.8, 4) is 0 Å². The summed E-state index contributed by atoms with van der Waals surface area (Å²) in [7, 11) is 1.90. The number of allylic oxidation sites excluding steroid dienone is 3. The van der Waals surface area contributed by atoms with Crippen LogP contribution in [0.1, 0.15) is 87.5 Å². The van der Waals surface area contributed by atoms with Gasteiger partial charge in [0.05, 0.1) is 49.6 Å². The number of ketones is 1. The highest BCUT2D eigenvalue weighted by Gasteiger charge is 2.48. The third-order valence-corrected chi connectivity index (χ3v) is 13.5. The summed E-state index contributed by atoms with van der Waals surface area (Å²) in [6.07, 6.45) is -2.96. The first-order valence-corrected chi connectivity index (χ1v) is 25.0. The minimum absolute atomic E-state index is 0.0427. The molecular weight excluding hydrogens is 883 g/mol. The number of phosphoric acid groups is 1. The van der Waals surface area contributed by atoms with Gasteiger partial charge in [0, 0.05) is 45.1 Å². The van der Waals surface area contributed by atoms with Gasteiger partial charge in [-0.1, -0.05) is 52.3 Å². The Kier molecular flexibility index (Phi) is 24.0. The number of ether oxygens (including phenoxy) is 7. The van der Waals surface area contributed by atoms with Crippen LogP contribution >= 0.6 is 7.82 Å². The molecule has 4 aliphatic heterocycles. The van der Waals surface area contributed by atoms with E-state index in [-0.39, 0.29) is 24.7 Å². The van der Waals surface area contributed by atoms with Crippen molar-refractivity contribution in [2.24, 2.45) is 35.5 Å². The van der Waals surface area contributed by atoms with E-state index in [1.54, 1.807) is 45.0 Å². The average molecular weight is 967 g/mol. The van der Waals surface area contributed by atoms with Crippen LogP contribution in [0.5, 0.6) is 0 Å². The van der Waals surface area contributed by atoms with Gasteiger partial charge in [-0.05, 0) is 90.9 Å². The number of hydrogen-bond acceptors (Lipinski definition) is 16. The summed E-state index contributed by atoms with van der Waals surface area (Å²) < 4.78 is 51.5. The van der Waals surface area contributed by atoms with Crippen molar-refractivity contribution >= 4 is 19.6 Å². The van der Waals surface area contributed by atoms with Crippen LogP contribution in [0.25, 0.3) is 0 Å². The van der Waals surface area contributed by atoms with E-state index in [0.717, 1.165) is 25.2 Å². The smallest absolute Gasteiger partial charge is 0.462 e. The maximum absolute atomic E-state index is 14.0. The van der Waals surface area contributed by atoms with Gasteiger partial charge in [-0.15, -0.1) is 0 Å². The minimum atomic E-state index is -4.64. The molecule has 4 rings (SSSR count). The SMILES string of the molecule is CC[C@H]1OC(=O)C[C@H](O)[C@H](C)[C@@H](O[C@@H]2O[C@H](C)[C@@H](O)[C@H](N(C)C)[C@H]2O)[C@@H](CCN2C[C@H](C)C[C@H](C)C2)C[C@@H](C)C(=O)/C=C/C(C)=C/[C@@H]1CO[C@@H]1O[C@H](C)[C@@H](O)[C@@H](OC)[C@H]1OC.O=P(O)(O)O. The van der Waals surface area contributed by atoms with E-state index in [1.165, 1.54) is 20.6 Å². The zero-order valence-corrected chi connectivity index (χ0v) is 42.0. The zero-order chi connectivity index (χ0) is 49.8. The molecule has 66 heavy (non-hydrogen) atoms. The molecule has 0 aromatic carbocycles. The van der Waals surface area contributed by atoms with Crippen molar-refractivity contribution in [3.63, 3.8) is 0 Å². The lowest BCUT2D eigenvalue weighted by molar-refractivity contribution is -0.304. The van der Waals surface area contributed by atoms with Crippen LogP contribution in [-0.4, -0.2) is 191 Å². The normalized spacial score (nSPS) is 41.9. The van der Waals surface area contributed by atoms with Crippen molar-refractivity contribution in [2.45, 2.75) is 167 Å². The summed E-state index contributed by atoms with van der Waals surface area (Å²) >= 11 is 0. The Bertz CT molecular complexity index is 1580.